The van der Waals surface area contributed by atoms with Crippen LogP contribution in [0.25, 0.3) is 0 Å². The number of hydrogen-bond acceptors (Lipinski definition) is 2. The normalized spacial score (nSPS) is 16.7. The number of ether oxygens (including phenoxy) is 1. The van der Waals surface area contributed by atoms with E-state index < -0.39 is 0 Å². The summed E-state index contributed by atoms with van der Waals surface area (Å²) in [5.41, 5.74) is 0.858. The molecule has 0 radical (unpaired) electrons. The Balaban J connectivity index is 2.42. The van der Waals surface area contributed by atoms with Crippen molar-refractivity contribution in [2.75, 3.05) is 24.7 Å². The van der Waals surface area contributed by atoms with Crippen LogP contribution in [0.3, 0.4) is 0 Å². The van der Waals surface area contributed by atoms with Crippen LogP contribution < -0.4 is 4.90 Å². The third-order valence-corrected chi connectivity index (χ3v) is 3.90. The van der Waals surface area contributed by atoms with E-state index in [0.29, 0.717) is 13.2 Å². The number of rotatable bonds is 1. The zero-order valence-corrected chi connectivity index (χ0v) is 12.9. The van der Waals surface area contributed by atoms with Crippen molar-refractivity contribution in [1.82, 2.24) is 0 Å². The molecule has 1 heterocycles. The molecule has 1 aromatic rings. The number of halogens is 3. The maximum absolute atomic E-state index is 11.7. The van der Waals surface area contributed by atoms with E-state index in [2.05, 4.69) is 47.8 Å². The minimum Gasteiger partial charge on any atom is -0.370 e. The largest absolute Gasteiger partial charge is 0.370 e. The highest BCUT2D eigenvalue weighted by Gasteiger charge is 2.24. The first kappa shape index (κ1) is 12.5. The lowest BCUT2D eigenvalue weighted by Gasteiger charge is -2.28. The molecule has 1 aromatic carbocycles. The Morgan fingerprint density at radius 3 is 2.38 bits per heavy atom. The number of hydrogen-bond donors (Lipinski definition) is 0. The Labute approximate surface area is 119 Å². The Morgan fingerprint density at radius 2 is 1.81 bits per heavy atom. The second-order valence-electron chi connectivity index (χ2n) is 3.32. The number of nitrogens with zero attached hydrogens (tertiary/aromatic N) is 1. The zero-order valence-electron chi connectivity index (χ0n) is 8.17. The van der Waals surface area contributed by atoms with Gasteiger partial charge in [-0.3, -0.25) is 4.79 Å². The molecule has 0 aliphatic carbocycles. The Morgan fingerprint density at radius 1 is 1.19 bits per heavy atom. The maximum Gasteiger partial charge on any atom is 0.253 e. The van der Waals surface area contributed by atoms with Gasteiger partial charge in [-0.15, -0.1) is 0 Å². The highest BCUT2D eigenvalue weighted by molar-refractivity contribution is 9.11. The molecule has 16 heavy (non-hydrogen) atoms. The summed E-state index contributed by atoms with van der Waals surface area (Å²) in [6.07, 6.45) is 0. The average Bonchev–Trinajstić information content (AvgIpc) is 2.19. The fraction of sp³-hybridized carbons (Fsp3) is 0.300. The summed E-state index contributed by atoms with van der Waals surface area (Å²) in [6.45, 7) is 1.30. The van der Waals surface area contributed by atoms with Crippen LogP contribution in [-0.2, 0) is 9.53 Å². The summed E-state index contributed by atoms with van der Waals surface area (Å²) in [5.74, 6) is -0.0185. The third kappa shape index (κ3) is 2.50. The molecule has 0 bridgehead atoms. The van der Waals surface area contributed by atoms with Crippen LogP contribution in [0.2, 0.25) is 0 Å². The third-order valence-electron chi connectivity index (χ3n) is 2.24. The molecule has 6 heteroatoms. The molecular weight excluding hydrogens is 406 g/mol. The van der Waals surface area contributed by atoms with Gasteiger partial charge in [-0.25, -0.2) is 0 Å². The molecule has 3 nitrogen and oxygen atoms in total. The van der Waals surface area contributed by atoms with Gasteiger partial charge in [-0.05, 0) is 44.0 Å². The van der Waals surface area contributed by atoms with Crippen molar-refractivity contribution in [3.8, 4) is 0 Å². The van der Waals surface area contributed by atoms with Crippen LogP contribution in [0, 0.1) is 0 Å². The van der Waals surface area contributed by atoms with Crippen LogP contribution in [0.15, 0.2) is 25.6 Å². The van der Waals surface area contributed by atoms with Gasteiger partial charge in [-0.2, -0.15) is 0 Å². The van der Waals surface area contributed by atoms with Gasteiger partial charge in [-0.1, -0.05) is 15.9 Å². The van der Waals surface area contributed by atoms with Gasteiger partial charge in [0.15, 0.2) is 0 Å². The number of amides is 1. The Hall–Kier alpha value is 0.0900. The van der Waals surface area contributed by atoms with Gasteiger partial charge in [0.25, 0.3) is 5.91 Å². The molecule has 0 saturated carbocycles. The van der Waals surface area contributed by atoms with E-state index in [1.165, 1.54) is 0 Å². The fourth-order valence-corrected chi connectivity index (χ4v) is 4.23. The van der Waals surface area contributed by atoms with Gasteiger partial charge in [0.05, 0.1) is 12.3 Å². The molecule has 0 spiro atoms. The van der Waals surface area contributed by atoms with E-state index in [-0.39, 0.29) is 12.5 Å². The molecule has 2 rings (SSSR count). The summed E-state index contributed by atoms with van der Waals surface area (Å²) in [6, 6.07) is 3.84. The maximum atomic E-state index is 11.7. The van der Waals surface area contributed by atoms with E-state index in [9.17, 15) is 4.79 Å². The molecule has 0 aromatic heterocycles. The second-order valence-corrected chi connectivity index (χ2v) is 5.94. The summed E-state index contributed by atoms with van der Waals surface area (Å²) in [5, 5.41) is 0. The fourth-order valence-electron chi connectivity index (χ4n) is 1.55. The first-order valence-electron chi connectivity index (χ1n) is 4.62. The van der Waals surface area contributed by atoms with E-state index in [4.69, 9.17) is 4.74 Å². The zero-order chi connectivity index (χ0) is 11.7. The number of benzene rings is 1. The van der Waals surface area contributed by atoms with Gasteiger partial charge < -0.3 is 9.64 Å². The number of anilines is 1. The lowest BCUT2D eigenvalue weighted by Crippen LogP contribution is -2.42. The summed E-state index contributed by atoms with van der Waals surface area (Å²) < 4.78 is 7.82. The van der Waals surface area contributed by atoms with Gasteiger partial charge in [0.2, 0.25) is 0 Å². The van der Waals surface area contributed by atoms with Crippen LogP contribution in [0.5, 0.6) is 0 Å². The predicted molar refractivity (Wildman–Crippen MR) is 72.7 cm³/mol. The van der Waals surface area contributed by atoms with E-state index in [0.717, 1.165) is 19.1 Å². The van der Waals surface area contributed by atoms with Crippen LogP contribution in [0.1, 0.15) is 0 Å². The summed E-state index contributed by atoms with van der Waals surface area (Å²) in [4.78, 5) is 13.5. The Bertz CT molecular complexity index is 413. The first-order chi connectivity index (χ1) is 7.59. The molecular formula is C10H8Br3NO2. The van der Waals surface area contributed by atoms with E-state index in [1.54, 1.807) is 4.90 Å². The first-order valence-corrected chi connectivity index (χ1v) is 7.00. The minimum atomic E-state index is -0.0185. The topological polar surface area (TPSA) is 29.5 Å². The lowest BCUT2D eigenvalue weighted by molar-refractivity contribution is -0.125. The lowest BCUT2D eigenvalue weighted by atomic mass is 10.2. The SMILES string of the molecule is O=C1COCCN1c1c(Br)cc(Br)cc1Br. The van der Waals surface area contributed by atoms with Gasteiger partial charge in [0.1, 0.15) is 6.61 Å². The molecule has 86 valence electrons. The predicted octanol–water partition coefficient (Wildman–Crippen LogP) is 3.34. The van der Waals surface area contributed by atoms with Crippen LogP contribution in [-0.4, -0.2) is 25.7 Å². The molecule has 0 N–H and O–H groups in total. The van der Waals surface area contributed by atoms with E-state index >= 15 is 0 Å². The van der Waals surface area contributed by atoms with Crippen molar-refractivity contribution in [3.05, 3.63) is 25.6 Å². The summed E-state index contributed by atoms with van der Waals surface area (Å²) >= 11 is 10.3. The van der Waals surface area contributed by atoms with Crippen molar-refractivity contribution in [1.29, 1.82) is 0 Å². The van der Waals surface area contributed by atoms with Crippen molar-refractivity contribution in [2.45, 2.75) is 0 Å². The second kappa shape index (κ2) is 5.16. The highest BCUT2D eigenvalue weighted by Crippen LogP contribution is 2.37. The molecule has 0 unspecified atom stereocenters. The quantitative estimate of drug-likeness (QED) is 0.706. The van der Waals surface area contributed by atoms with Gasteiger partial charge >= 0.3 is 0 Å². The number of carbonyl (C=O) groups is 1. The van der Waals surface area contributed by atoms with Crippen molar-refractivity contribution in [3.63, 3.8) is 0 Å². The summed E-state index contributed by atoms with van der Waals surface area (Å²) in [7, 11) is 0. The van der Waals surface area contributed by atoms with Gasteiger partial charge in [0, 0.05) is 20.0 Å². The van der Waals surface area contributed by atoms with Crippen molar-refractivity contribution in [2.24, 2.45) is 0 Å². The van der Waals surface area contributed by atoms with E-state index in [1.807, 2.05) is 12.1 Å². The highest BCUT2D eigenvalue weighted by atomic mass is 79.9. The molecule has 1 saturated heterocycles. The smallest absolute Gasteiger partial charge is 0.253 e. The molecule has 1 amide bonds. The molecule has 0 atom stereocenters. The molecule has 1 aliphatic rings. The van der Waals surface area contributed by atoms with Crippen LogP contribution >= 0.6 is 47.8 Å². The molecule has 1 aliphatic heterocycles. The number of carbonyl (C=O) groups excluding carboxylic acids is 1. The van der Waals surface area contributed by atoms with Crippen LogP contribution in [0.4, 0.5) is 5.69 Å². The monoisotopic (exact) mass is 411 g/mol. The van der Waals surface area contributed by atoms with Crippen molar-refractivity contribution < 1.29 is 9.53 Å². The molecule has 1 fully saturated rings. The standard InChI is InChI=1S/C10H8Br3NO2/c11-6-3-7(12)10(8(13)4-6)14-1-2-16-5-9(14)15/h3-4H,1-2,5H2. The Kier molecular flexibility index (Phi) is 4.05. The van der Waals surface area contributed by atoms with Crippen molar-refractivity contribution >= 4 is 59.4 Å². The minimum absolute atomic E-state index is 0.0185. The number of morpholine rings is 1. The average molecular weight is 414 g/mol.